The first kappa shape index (κ1) is 37.8. The number of hydrogen-bond acceptors (Lipinski definition) is 5. The van der Waals surface area contributed by atoms with Gasteiger partial charge in [-0.1, -0.05) is 47.6 Å². The van der Waals surface area contributed by atoms with E-state index in [1.54, 1.807) is 26.0 Å². The SMILES string of the molecule is C.C=C(NCCc1cc(C2C[N+]2(O)CC(C)(C)O)c(C)c(-c2ccc(F)cc2)n1)c1cc(C)c2ncc(C)cc2c1.CC.CC1CC1. The monoisotopic (exact) mass is 643 g/mol. The zero-order chi connectivity index (χ0) is 33.8. The van der Waals surface area contributed by atoms with Gasteiger partial charge in [0.25, 0.3) is 0 Å². The van der Waals surface area contributed by atoms with E-state index in [2.05, 4.69) is 55.0 Å². The second kappa shape index (κ2) is 15.5. The normalized spacial score (nSPS) is 18.2. The summed E-state index contributed by atoms with van der Waals surface area (Å²) in [6.45, 7) is 21.5. The number of nitrogens with zero attached hydrogens (tertiary/aromatic N) is 3. The van der Waals surface area contributed by atoms with Gasteiger partial charge in [-0.05, 0) is 111 Å². The molecule has 1 aliphatic carbocycles. The Kier molecular flexibility index (Phi) is 12.5. The maximum atomic E-state index is 13.7. The summed E-state index contributed by atoms with van der Waals surface area (Å²) in [4.78, 5) is 9.53. The molecule has 0 spiro atoms. The number of aryl methyl sites for hydroxylation is 2. The first-order valence-electron chi connectivity index (χ1n) is 16.6. The third-order valence-electron chi connectivity index (χ3n) is 8.48. The predicted octanol–water partition coefficient (Wildman–Crippen LogP) is 9.27. The lowest BCUT2D eigenvalue weighted by Crippen LogP contribution is -2.39. The maximum absolute atomic E-state index is 13.7. The highest BCUT2D eigenvalue weighted by Crippen LogP contribution is 2.46. The van der Waals surface area contributed by atoms with Gasteiger partial charge in [-0.3, -0.25) is 9.97 Å². The fourth-order valence-corrected chi connectivity index (χ4v) is 5.83. The van der Waals surface area contributed by atoms with E-state index in [-0.39, 0.29) is 30.5 Å². The summed E-state index contributed by atoms with van der Waals surface area (Å²) in [5, 5.41) is 26.1. The topological polar surface area (TPSA) is 78.3 Å². The Morgan fingerprint density at radius 2 is 1.70 bits per heavy atom. The number of fused-ring (bicyclic) bond motifs is 1. The third-order valence-corrected chi connectivity index (χ3v) is 8.48. The Labute approximate surface area is 282 Å². The molecule has 0 bridgehead atoms. The standard InChI is InChI=1S/C33H38FN4O2.C4H8.C2H6.CH4/c1-20-13-26-15-25(14-21(2)31(26)36-17-20)23(4)35-12-11-28-16-29(30-18-38(30,40)19-33(5,6)39)22(3)32(37-28)24-7-9-27(34)10-8-24;1-4-2-3-4;1-2;/h7-10,13-17,30,35,39-40H,4,11-12,18-19H2,1-3,5-6H3;4H,2-3H2,1H3;1-2H3;1H4/q+1;;;. The van der Waals surface area contributed by atoms with Gasteiger partial charge >= 0.3 is 0 Å². The Bertz CT molecular complexity index is 1670. The van der Waals surface area contributed by atoms with E-state index >= 15 is 0 Å². The van der Waals surface area contributed by atoms with Crippen LogP contribution in [0, 0.1) is 32.5 Å². The second-order valence-corrected chi connectivity index (χ2v) is 13.6. The van der Waals surface area contributed by atoms with Crippen LogP contribution in [-0.2, 0) is 6.42 Å². The number of benzene rings is 2. The van der Waals surface area contributed by atoms with Crippen LogP contribution < -0.4 is 5.32 Å². The van der Waals surface area contributed by atoms with Crippen LogP contribution >= 0.6 is 0 Å². The highest BCUT2D eigenvalue weighted by atomic mass is 19.1. The minimum Gasteiger partial charge on any atom is -0.385 e. The molecule has 1 saturated carbocycles. The van der Waals surface area contributed by atoms with Gasteiger partial charge in [-0.2, -0.15) is 4.65 Å². The molecule has 1 saturated heterocycles. The molecule has 0 radical (unpaired) electrons. The molecule has 2 atom stereocenters. The second-order valence-electron chi connectivity index (χ2n) is 13.6. The van der Waals surface area contributed by atoms with Crippen molar-refractivity contribution in [2.45, 2.75) is 93.7 Å². The van der Waals surface area contributed by atoms with Gasteiger partial charge in [0.05, 0.1) is 11.2 Å². The number of aromatic nitrogens is 2. The van der Waals surface area contributed by atoms with Crippen LogP contribution in [0.3, 0.4) is 0 Å². The van der Waals surface area contributed by atoms with Gasteiger partial charge in [-0.25, -0.2) is 9.60 Å². The number of nitrogens with one attached hydrogen (secondary N) is 1. The van der Waals surface area contributed by atoms with Crippen LogP contribution in [0.1, 0.15) is 94.4 Å². The van der Waals surface area contributed by atoms with Crippen molar-refractivity contribution in [2.24, 2.45) is 5.92 Å². The zero-order valence-corrected chi connectivity index (χ0v) is 28.9. The van der Waals surface area contributed by atoms with Crippen molar-refractivity contribution in [2.75, 3.05) is 19.6 Å². The van der Waals surface area contributed by atoms with E-state index in [9.17, 15) is 14.7 Å². The van der Waals surface area contributed by atoms with Gasteiger partial charge < -0.3 is 10.4 Å². The minimum absolute atomic E-state index is 0. The molecular weight excluding hydrogens is 587 g/mol. The van der Waals surface area contributed by atoms with Crippen LogP contribution in [-0.4, -0.2) is 50.2 Å². The van der Waals surface area contributed by atoms with Gasteiger partial charge in [0, 0.05) is 47.1 Å². The maximum Gasteiger partial charge on any atom is 0.197 e. The number of halogens is 1. The zero-order valence-electron chi connectivity index (χ0n) is 28.9. The third kappa shape index (κ3) is 9.92. The summed E-state index contributed by atoms with van der Waals surface area (Å²) in [5.41, 5.74) is 8.51. The van der Waals surface area contributed by atoms with Crippen LogP contribution in [0.5, 0.6) is 0 Å². The lowest BCUT2D eigenvalue weighted by Gasteiger charge is -2.22. The molecule has 2 unspecified atom stereocenters. The van der Waals surface area contributed by atoms with Crippen LogP contribution in [0.2, 0.25) is 0 Å². The summed E-state index contributed by atoms with van der Waals surface area (Å²) < 4.78 is 13.5. The fraction of sp³-hybridized carbons (Fsp3) is 0.450. The number of hydrogen-bond donors (Lipinski definition) is 3. The molecule has 0 amide bonds. The van der Waals surface area contributed by atoms with E-state index in [0.717, 1.165) is 67.3 Å². The van der Waals surface area contributed by atoms with Crippen LogP contribution in [0.4, 0.5) is 4.39 Å². The average molecular weight is 644 g/mol. The summed E-state index contributed by atoms with van der Waals surface area (Å²) in [7, 11) is 0. The molecule has 1 aliphatic heterocycles. The van der Waals surface area contributed by atoms with E-state index in [0.29, 0.717) is 19.5 Å². The van der Waals surface area contributed by atoms with E-state index in [4.69, 9.17) is 4.98 Å². The van der Waals surface area contributed by atoms with Gasteiger partial charge in [0.1, 0.15) is 18.0 Å². The quantitative estimate of drug-likeness (QED) is 0.125. The van der Waals surface area contributed by atoms with Gasteiger partial charge in [-0.15, -0.1) is 0 Å². The van der Waals surface area contributed by atoms with E-state index in [1.165, 1.54) is 25.0 Å². The van der Waals surface area contributed by atoms with Gasteiger partial charge in [0.15, 0.2) is 12.6 Å². The lowest BCUT2D eigenvalue weighted by atomic mass is 9.98. The Morgan fingerprint density at radius 3 is 2.30 bits per heavy atom. The first-order valence-corrected chi connectivity index (χ1v) is 16.6. The van der Waals surface area contributed by atoms with Crippen molar-refractivity contribution >= 4 is 16.6 Å². The fourth-order valence-electron chi connectivity index (χ4n) is 5.83. The Morgan fingerprint density at radius 1 is 1.06 bits per heavy atom. The Balaban J connectivity index is 0.000000784. The molecule has 6 rings (SSSR count). The summed E-state index contributed by atoms with van der Waals surface area (Å²) in [5.74, 6) is 0.786. The number of rotatable bonds is 9. The average Bonchev–Trinajstić information content (AvgIpc) is 3.92. The molecule has 2 aromatic carbocycles. The molecule has 2 aliphatic rings. The molecule has 3 heterocycles. The lowest BCUT2D eigenvalue weighted by molar-refractivity contribution is -1.02. The van der Waals surface area contributed by atoms with E-state index in [1.807, 2.05) is 33.9 Å². The van der Waals surface area contributed by atoms with Crippen LogP contribution in [0.25, 0.3) is 27.9 Å². The molecule has 2 fully saturated rings. The molecule has 6 nitrogen and oxygen atoms in total. The highest BCUT2D eigenvalue weighted by Gasteiger charge is 2.59. The molecule has 4 aromatic rings. The van der Waals surface area contributed by atoms with Crippen molar-refractivity contribution in [1.29, 1.82) is 0 Å². The van der Waals surface area contributed by atoms with Crippen molar-refractivity contribution in [3.8, 4) is 11.3 Å². The molecule has 7 heteroatoms. The number of pyridine rings is 2. The summed E-state index contributed by atoms with van der Waals surface area (Å²) in [6.07, 6.45) is 5.49. The first-order chi connectivity index (χ1) is 21.7. The van der Waals surface area contributed by atoms with Gasteiger partial charge in [0.2, 0.25) is 0 Å². The molecule has 2 aromatic heterocycles. The summed E-state index contributed by atoms with van der Waals surface area (Å²) in [6, 6.07) is 14.6. The molecular formula is C40H56FN4O2+. The minimum atomic E-state index is -0.993. The van der Waals surface area contributed by atoms with Crippen LogP contribution in [0.15, 0.2) is 61.3 Å². The van der Waals surface area contributed by atoms with Crippen molar-refractivity contribution in [3.05, 3.63) is 101 Å². The molecule has 254 valence electrons. The van der Waals surface area contributed by atoms with Crippen molar-refractivity contribution in [1.82, 2.24) is 15.3 Å². The van der Waals surface area contributed by atoms with Crippen molar-refractivity contribution in [3.63, 3.8) is 0 Å². The number of hydroxylamine groups is 3. The Hall–Kier alpha value is -3.65. The largest absolute Gasteiger partial charge is 0.385 e. The predicted molar refractivity (Wildman–Crippen MR) is 194 cm³/mol. The van der Waals surface area contributed by atoms with Crippen molar-refractivity contribution < 1.29 is 19.4 Å². The summed E-state index contributed by atoms with van der Waals surface area (Å²) >= 11 is 0. The van der Waals surface area contributed by atoms with E-state index < -0.39 is 5.60 Å². The number of aliphatic hydroxyl groups is 1. The highest BCUT2D eigenvalue weighted by molar-refractivity contribution is 5.86. The number of quaternary nitrogens is 1. The smallest absolute Gasteiger partial charge is 0.197 e. The molecule has 47 heavy (non-hydrogen) atoms. The molecule has 3 N–H and O–H groups in total.